The predicted octanol–water partition coefficient (Wildman–Crippen LogP) is 3.88. The maximum atomic E-state index is 3.43. The maximum absolute atomic E-state index is 3.43. The van der Waals surface area contributed by atoms with Crippen LogP contribution in [0.1, 0.15) is 12.5 Å². The van der Waals surface area contributed by atoms with Gasteiger partial charge in [-0.1, -0.05) is 31.2 Å². The molecule has 0 aliphatic heterocycles. The van der Waals surface area contributed by atoms with Gasteiger partial charge in [-0.15, -0.1) is 0 Å². The number of H-pyrrole nitrogens is 1. The quantitative estimate of drug-likeness (QED) is 0.606. The van der Waals surface area contributed by atoms with Crippen LogP contribution >= 0.6 is 0 Å². The predicted molar refractivity (Wildman–Crippen MR) is 65.2 cm³/mol. The second-order valence-corrected chi connectivity index (χ2v) is 3.90. The van der Waals surface area contributed by atoms with Crippen molar-refractivity contribution in [2.45, 2.75) is 13.3 Å². The fourth-order valence-electron chi connectivity index (χ4n) is 2.12. The van der Waals surface area contributed by atoms with Gasteiger partial charge in [-0.05, 0) is 30.2 Å². The van der Waals surface area contributed by atoms with Gasteiger partial charge in [0, 0.05) is 21.8 Å². The van der Waals surface area contributed by atoms with Gasteiger partial charge in [-0.2, -0.15) is 0 Å². The Balaban J connectivity index is 2.46. The summed E-state index contributed by atoms with van der Waals surface area (Å²) in [6, 6.07) is 15.1. The molecule has 0 amide bonds. The molecule has 1 aromatic heterocycles. The van der Waals surface area contributed by atoms with Crippen molar-refractivity contribution in [2.24, 2.45) is 0 Å². The smallest absolute Gasteiger partial charge is 0.0465 e. The third kappa shape index (κ3) is 1.23. The van der Waals surface area contributed by atoms with E-state index in [-0.39, 0.29) is 0 Å². The van der Waals surface area contributed by atoms with Gasteiger partial charge in [-0.3, -0.25) is 0 Å². The first-order chi connectivity index (χ1) is 7.38. The van der Waals surface area contributed by atoms with Crippen LogP contribution in [0, 0.1) is 0 Å². The highest BCUT2D eigenvalue weighted by Crippen LogP contribution is 2.25. The molecule has 0 atom stereocenters. The summed E-state index contributed by atoms with van der Waals surface area (Å²) in [7, 11) is 0. The second kappa shape index (κ2) is 3.13. The first kappa shape index (κ1) is 8.54. The molecule has 3 rings (SSSR count). The van der Waals surface area contributed by atoms with Crippen molar-refractivity contribution in [3.05, 3.63) is 48.0 Å². The Kier molecular flexibility index (Phi) is 1.78. The van der Waals surface area contributed by atoms with Gasteiger partial charge in [0.2, 0.25) is 0 Å². The summed E-state index contributed by atoms with van der Waals surface area (Å²) in [6.07, 6.45) is 1.09. The Bertz CT molecular complexity index is 619. The van der Waals surface area contributed by atoms with Crippen molar-refractivity contribution >= 4 is 21.8 Å². The van der Waals surface area contributed by atoms with E-state index in [1.54, 1.807) is 0 Å². The monoisotopic (exact) mass is 195 g/mol. The molecule has 1 nitrogen and oxygen atoms in total. The third-order valence-electron chi connectivity index (χ3n) is 2.98. The standard InChI is InChI=1S/C14H13N/c1-2-10-7-8-14-12(9-10)11-5-3-4-6-13(11)15-14/h3-9,15H,2H2,1H3. The summed E-state index contributed by atoms with van der Waals surface area (Å²) in [5.74, 6) is 0. The minimum absolute atomic E-state index is 1.09. The topological polar surface area (TPSA) is 15.8 Å². The van der Waals surface area contributed by atoms with Crippen molar-refractivity contribution < 1.29 is 0 Å². The summed E-state index contributed by atoms with van der Waals surface area (Å²) in [4.78, 5) is 3.43. The molecule has 0 saturated heterocycles. The van der Waals surface area contributed by atoms with E-state index in [1.807, 2.05) is 0 Å². The molecule has 0 spiro atoms. The number of aryl methyl sites for hydroxylation is 1. The van der Waals surface area contributed by atoms with Crippen molar-refractivity contribution in [3.8, 4) is 0 Å². The Morgan fingerprint density at radius 2 is 1.73 bits per heavy atom. The van der Waals surface area contributed by atoms with E-state index in [9.17, 15) is 0 Å². The molecule has 0 unspecified atom stereocenters. The Morgan fingerprint density at radius 3 is 2.60 bits per heavy atom. The van der Waals surface area contributed by atoms with E-state index >= 15 is 0 Å². The molecule has 0 fully saturated rings. The van der Waals surface area contributed by atoms with E-state index in [4.69, 9.17) is 0 Å². The van der Waals surface area contributed by atoms with Crippen LogP contribution in [0.2, 0.25) is 0 Å². The number of hydrogen-bond acceptors (Lipinski definition) is 0. The maximum Gasteiger partial charge on any atom is 0.0465 e. The van der Waals surface area contributed by atoms with Crippen LogP contribution in [0.3, 0.4) is 0 Å². The van der Waals surface area contributed by atoms with Gasteiger partial charge < -0.3 is 4.98 Å². The van der Waals surface area contributed by atoms with Crippen LogP contribution in [0.15, 0.2) is 42.5 Å². The Hall–Kier alpha value is -1.76. The second-order valence-electron chi connectivity index (χ2n) is 3.90. The molecule has 1 heterocycles. The molecule has 0 bridgehead atoms. The van der Waals surface area contributed by atoms with Crippen molar-refractivity contribution in [1.29, 1.82) is 0 Å². The Labute approximate surface area is 88.7 Å². The first-order valence-electron chi connectivity index (χ1n) is 5.38. The normalized spacial score (nSPS) is 11.3. The average Bonchev–Trinajstić information content (AvgIpc) is 2.66. The molecule has 1 heteroatoms. The summed E-state index contributed by atoms with van der Waals surface area (Å²) in [6.45, 7) is 2.19. The molecule has 0 aliphatic rings. The van der Waals surface area contributed by atoms with E-state index < -0.39 is 0 Å². The van der Waals surface area contributed by atoms with Gasteiger partial charge in [-0.25, -0.2) is 0 Å². The molecule has 0 radical (unpaired) electrons. The molecule has 3 aromatic rings. The van der Waals surface area contributed by atoms with Crippen LogP contribution in [-0.2, 0) is 6.42 Å². The summed E-state index contributed by atoms with van der Waals surface area (Å²) in [5.41, 5.74) is 3.85. The number of rotatable bonds is 1. The molecule has 2 aromatic carbocycles. The molecule has 1 N–H and O–H groups in total. The number of aromatic amines is 1. The zero-order chi connectivity index (χ0) is 10.3. The molecule has 0 saturated carbocycles. The van der Waals surface area contributed by atoms with Crippen LogP contribution in [0.5, 0.6) is 0 Å². The van der Waals surface area contributed by atoms with Gasteiger partial charge >= 0.3 is 0 Å². The van der Waals surface area contributed by atoms with Crippen molar-refractivity contribution in [3.63, 3.8) is 0 Å². The highest BCUT2D eigenvalue weighted by atomic mass is 14.7. The van der Waals surface area contributed by atoms with Crippen LogP contribution in [-0.4, -0.2) is 4.98 Å². The van der Waals surface area contributed by atoms with E-state index in [0.717, 1.165) is 6.42 Å². The minimum Gasteiger partial charge on any atom is -0.355 e. The molecular weight excluding hydrogens is 182 g/mol. The largest absolute Gasteiger partial charge is 0.355 e. The average molecular weight is 195 g/mol. The fraction of sp³-hybridized carbons (Fsp3) is 0.143. The Morgan fingerprint density at radius 1 is 0.933 bits per heavy atom. The van der Waals surface area contributed by atoms with E-state index in [2.05, 4.69) is 54.4 Å². The number of benzene rings is 2. The zero-order valence-electron chi connectivity index (χ0n) is 8.75. The van der Waals surface area contributed by atoms with Crippen molar-refractivity contribution in [1.82, 2.24) is 4.98 Å². The highest BCUT2D eigenvalue weighted by molar-refractivity contribution is 6.07. The molecule has 0 aliphatic carbocycles. The summed E-state index contributed by atoms with van der Waals surface area (Å²) < 4.78 is 0. The fourth-order valence-corrected chi connectivity index (χ4v) is 2.12. The van der Waals surface area contributed by atoms with Crippen molar-refractivity contribution in [2.75, 3.05) is 0 Å². The first-order valence-corrected chi connectivity index (χ1v) is 5.38. The van der Waals surface area contributed by atoms with Gasteiger partial charge in [0.05, 0.1) is 0 Å². The summed E-state index contributed by atoms with van der Waals surface area (Å²) >= 11 is 0. The third-order valence-corrected chi connectivity index (χ3v) is 2.98. The number of fused-ring (bicyclic) bond motifs is 3. The lowest BCUT2D eigenvalue weighted by Gasteiger charge is -1.96. The van der Waals surface area contributed by atoms with Gasteiger partial charge in [0.15, 0.2) is 0 Å². The number of para-hydroxylation sites is 1. The molecule has 74 valence electrons. The van der Waals surface area contributed by atoms with E-state index in [1.165, 1.54) is 27.4 Å². The highest BCUT2D eigenvalue weighted by Gasteiger charge is 2.02. The minimum atomic E-state index is 1.09. The lowest BCUT2D eigenvalue weighted by atomic mass is 10.1. The molecule has 15 heavy (non-hydrogen) atoms. The SMILES string of the molecule is CCc1ccc2[nH]c3ccccc3c2c1. The zero-order valence-corrected chi connectivity index (χ0v) is 8.75. The number of nitrogens with one attached hydrogen (secondary N) is 1. The number of hydrogen-bond donors (Lipinski definition) is 1. The van der Waals surface area contributed by atoms with E-state index in [0.29, 0.717) is 0 Å². The van der Waals surface area contributed by atoms with Crippen LogP contribution < -0.4 is 0 Å². The van der Waals surface area contributed by atoms with Crippen LogP contribution in [0.25, 0.3) is 21.8 Å². The van der Waals surface area contributed by atoms with Crippen LogP contribution in [0.4, 0.5) is 0 Å². The number of aromatic nitrogens is 1. The molecular formula is C14H13N. The van der Waals surface area contributed by atoms with Gasteiger partial charge in [0.1, 0.15) is 0 Å². The summed E-state index contributed by atoms with van der Waals surface area (Å²) in [5, 5.41) is 2.66. The lowest BCUT2D eigenvalue weighted by molar-refractivity contribution is 1.15. The lowest BCUT2D eigenvalue weighted by Crippen LogP contribution is -1.77. The van der Waals surface area contributed by atoms with Gasteiger partial charge in [0.25, 0.3) is 0 Å².